The van der Waals surface area contributed by atoms with Gasteiger partial charge in [-0.1, -0.05) is 35.5 Å². The highest BCUT2D eigenvalue weighted by molar-refractivity contribution is 6.05. The number of hydrogen-bond acceptors (Lipinski definition) is 4. The van der Waals surface area contributed by atoms with Crippen LogP contribution in [-0.4, -0.2) is 16.7 Å². The Hall–Kier alpha value is -2.23. The summed E-state index contributed by atoms with van der Waals surface area (Å²) in [5, 5.41) is 3.86. The summed E-state index contributed by atoms with van der Waals surface area (Å²) >= 11 is 0. The summed E-state index contributed by atoms with van der Waals surface area (Å²) in [5.74, 6) is -0.0787. The second-order valence-electron chi connectivity index (χ2n) is 5.25. The van der Waals surface area contributed by atoms with Crippen LogP contribution in [0, 0.1) is 6.92 Å². The molecule has 4 heteroatoms. The van der Waals surface area contributed by atoms with Crippen LogP contribution in [0.2, 0.25) is 0 Å². The smallest absolute Gasteiger partial charge is 0.151 e. The molecule has 0 bridgehead atoms. The Morgan fingerprint density at radius 2 is 1.95 bits per heavy atom. The van der Waals surface area contributed by atoms with Crippen LogP contribution < -0.4 is 0 Å². The summed E-state index contributed by atoms with van der Waals surface area (Å²) in [6.07, 6.45) is 0.369. The summed E-state index contributed by atoms with van der Waals surface area (Å²) < 4.78 is 5.28. The average molecular weight is 269 g/mol. The molecule has 0 saturated heterocycles. The standard InChI is InChI=1S/C16H15NO3/c1-10-7-15(20-17-10)16-13(8-12(18)9-14(16)19)11-5-3-2-4-6-11/h2-7,13,16H,8-9H2,1H3/t13-,16+/m1/s1. The Balaban J connectivity index is 2.03. The Kier molecular flexibility index (Phi) is 3.22. The summed E-state index contributed by atoms with van der Waals surface area (Å²) in [6, 6.07) is 11.4. The number of benzene rings is 1. The van der Waals surface area contributed by atoms with Crippen LogP contribution in [0.4, 0.5) is 0 Å². The lowest BCUT2D eigenvalue weighted by Gasteiger charge is -2.28. The van der Waals surface area contributed by atoms with Gasteiger partial charge in [0.2, 0.25) is 0 Å². The van der Waals surface area contributed by atoms with E-state index in [0.717, 1.165) is 11.3 Å². The Morgan fingerprint density at radius 1 is 1.20 bits per heavy atom. The molecule has 2 atom stereocenters. The van der Waals surface area contributed by atoms with Crippen molar-refractivity contribution >= 4 is 11.6 Å². The second kappa shape index (κ2) is 5.04. The van der Waals surface area contributed by atoms with Gasteiger partial charge in [0.25, 0.3) is 0 Å². The van der Waals surface area contributed by atoms with Crippen LogP contribution >= 0.6 is 0 Å². The fourth-order valence-electron chi connectivity index (χ4n) is 2.86. The number of rotatable bonds is 2. The monoisotopic (exact) mass is 269 g/mol. The van der Waals surface area contributed by atoms with E-state index >= 15 is 0 Å². The van der Waals surface area contributed by atoms with Gasteiger partial charge in [-0.2, -0.15) is 0 Å². The maximum atomic E-state index is 12.3. The molecular weight excluding hydrogens is 254 g/mol. The third kappa shape index (κ3) is 2.29. The molecule has 1 aromatic heterocycles. The molecule has 0 aliphatic heterocycles. The minimum absolute atomic E-state index is 0.00339. The van der Waals surface area contributed by atoms with E-state index in [1.165, 1.54) is 0 Å². The van der Waals surface area contributed by atoms with Crippen molar-refractivity contribution in [2.45, 2.75) is 31.6 Å². The summed E-state index contributed by atoms with van der Waals surface area (Å²) in [4.78, 5) is 24.1. The molecule has 0 radical (unpaired) electrons. The van der Waals surface area contributed by atoms with Gasteiger partial charge in [0.15, 0.2) is 5.78 Å². The topological polar surface area (TPSA) is 60.2 Å². The molecule has 1 saturated carbocycles. The van der Waals surface area contributed by atoms with Gasteiger partial charge in [0.1, 0.15) is 11.5 Å². The molecule has 4 nitrogen and oxygen atoms in total. The van der Waals surface area contributed by atoms with Gasteiger partial charge in [0, 0.05) is 18.4 Å². The molecule has 0 unspecified atom stereocenters. The number of carbonyl (C=O) groups excluding carboxylic acids is 2. The number of nitrogens with zero attached hydrogens (tertiary/aromatic N) is 1. The first kappa shape index (κ1) is 12.8. The maximum Gasteiger partial charge on any atom is 0.151 e. The lowest BCUT2D eigenvalue weighted by atomic mass is 9.73. The van der Waals surface area contributed by atoms with E-state index in [0.29, 0.717) is 12.2 Å². The van der Waals surface area contributed by atoms with Gasteiger partial charge in [0.05, 0.1) is 18.0 Å². The zero-order valence-electron chi connectivity index (χ0n) is 11.2. The van der Waals surface area contributed by atoms with Gasteiger partial charge in [-0.15, -0.1) is 0 Å². The van der Waals surface area contributed by atoms with E-state index in [4.69, 9.17) is 4.52 Å². The zero-order chi connectivity index (χ0) is 14.1. The number of hydrogen-bond donors (Lipinski definition) is 0. The zero-order valence-corrected chi connectivity index (χ0v) is 11.2. The Bertz CT molecular complexity index is 645. The first-order valence-corrected chi connectivity index (χ1v) is 6.67. The molecule has 0 N–H and O–H groups in total. The van der Waals surface area contributed by atoms with Gasteiger partial charge in [-0.05, 0) is 12.5 Å². The van der Waals surface area contributed by atoms with Gasteiger partial charge in [-0.25, -0.2) is 0 Å². The van der Waals surface area contributed by atoms with Crippen molar-refractivity contribution in [2.24, 2.45) is 0 Å². The van der Waals surface area contributed by atoms with Crippen molar-refractivity contribution in [1.82, 2.24) is 5.16 Å². The molecular formula is C16H15NO3. The molecule has 0 spiro atoms. The SMILES string of the molecule is Cc1cc([C@@H]2C(=O)CC(=O)C[C@@H]2c2ccccc2)on1. The first-order chi connectivity index (χ1) is 9.65. The van der Waals surface area contributed by atoms with Crippen LogP contribution in [0.3, 0.4) is 0 Å². The fourth-order valence-corrected chi connectivity index (χ4v) is 2.86. The van der Waals surface area contributed by atoms with Crippen LogP contribution in [0.1, 0.15) is 41.7 Å². The van der Waals surface area contributed by atoms with E-state index < -0.39 is 5.92 Å². The summed E-state index contributed by atoms with van der Waals surface area (Å²) in [6.45, 7) is 1.82. The number of aromatic nitrogens is 1. The van der Waals surface area contributed by atoms with Gasteiger partial charge >= 0.3 is 0 Å². The van der Waals surface area contributed by atoms with E-state index in [9.17, 15) is 9.59 Å². The number of Topliss-reactive ketones (excluding diaryl/α,β-unsaturated/α-hetero) is 2. The third-order valence-electron chi connectivity index (χ3n) is 3.75. The molecule has 1 fully saturated rings. The molecule has 1 aliphatic rings. The minimum atomic E-state index is -0.406. The van der Waals surface area contributed by atoms with Gasteiger partial charge in [-0.3, -0.25) is 9.59 Å². The molecule has 102 valence electrons. The van der Waals surface area contributed by atoms with Crippen LogP contribution in [0.25, 0.3) is 0 Å². The molecule has 3 rings (SSSR count). The highest BCUT2D eigenvalue weighted by Crippen LogP contribution is 2.40. The summed E-state index contributed by atoms with van der Waals surface area (Å²) in [7, 11) is 0. The van der Waals surface area contributed by atoms with Gasteiger partial charge < -0.3 is 4.52 Å². The largest absolute Gasteiger partial charge is 0.360 e. The predicted octanol–water partition coefficient (Wildman–Crippen LogP) is 2.78. The minimum Gasteiger partial charge on any atom is -0.360 e. The average Bonchev–Trinajstić information content (AvgIpc) is 2.85. The third-order valence-corrected chi connectivity index (χ3v) is 3.75. The van der Waals surface area contributed by atoms with E-state index in [2.05, 4.69) is 5.16 Å². The number of carbonyl (C=O) groups is 2. The molecule has 2 aromatic rings. The molecule has 20 heavy (non-hydrogen) atoms. The Labute approximate surface area is 116 Å². The lowest BCUT2D eigenvalue weighted by molar-refractivity contribution is -0.131. The molecule has 1 aromatic carbocycles. The lowest BCUT2D eigenvalue weighted by Crippen LogP contribution is -2.30. The molecule has 1 aliphatic carbocycles. The normalized spacial score (nSPS) is 23.1. The number of ketones is 2. The molecule has 0 amide bonds. The van der Waals surface area contributed by atoms with E-state index in [-0.39, 0.29) is 23.9 Å². The van der Waals surface area contributed by atoms with Crippen LogP contribution in [-0.2, 0) is 9.59 Å². The highest BCUT2D eigenvalue weighted by atomic mass is 16.5. The first-order valence-electron chi connectivity index (χ1n) is 6.67. The second-order valence-corrected chi connectivity index (χ2v) is 5.25. The quantitative estimate of drug-likeness (QED) is 0.786. The Morgan fingerprint density at radius 3 is 2.60 bits per heavy atom. The highest BCUT2D eigenvalue weighted by Gasteiger charge is 2.39. The van der Waals surface area contributed by atoms with Crippen molar-refractivity contribution in [1.29, 1.82) is 0 Å². The fraction of sp³-hybridized carbons (Fsp3) is 0.312. The summed E-state index contributed by atoms with van der Waals surface area (Å²) in [5.41, 5.74) is 1.74. The van der Waals surface area contributed by atoms with Crippen molar-refractivity contribution in [2.75, 3.05) is 0 Å². The van der Waals surface area contributed by atoms with Crippen molar-refractivity contribution in [3.63, 3.8) is 0 Å². The van der Waals surface area contributed by atoms with E-state index in [1.54, 1.807) is 6.07 Å². The van der Waals surface area contributed by atoms with Crippen LogP contribution in [0.5, 0.6) is 0 Å². The number of aryl methyl sites for hydroxylation is 1. The van der Waals surface area contributed by atoms with Crippen molar-refractivity contribution in [3.8, 4) is 0 Å². The predicted molar refractivity (Wildman–Crippen MR) is 72.4 cm³/mol. The van der Waals surface area contributed by atoms with Crippen molar-refractivity contribution in [3.05, 3.63) is 53.4 Å². The van der Waals surface area contributed by atoms with Crippen LogP contribution in [0.15, 0.2) is 40.9 Å². The van der Waals surface area contributed by atoms with E-state index in [1.807, 2.05) is 37.3 Å². The van der Waals surface area contributed by atoms with Crippen molar-refractivity contribution < 1.29 is 14.1 Å². The molecule has 1 heterocycles. The maximum absolute atomic E-state index is 12.3.